The Morgan fingerprint density at radius 1 is 1.44 bits per heavy atom. The highest BCUT2D eigenvalue weighted by molar-refractivity contribution is 5.37. The van der Waals surface area contributed by atoms with Gasteiger partial charge < -0.3 is 14.8 Å². The van der Waals surface area contributed by atoms with Crippen molar-refractivity contribution in [3.8, 4) is 5.75 Å². The zero-order valence-corrected chi connectivity index (χ0v) is 9.74. The predicted molar refractivity (Wildman–Crippen MR) is 63.8 cm³/mol. The SMILES string of the molecule is COCCCNC1CCOc2ccccc21. The molecule has 0 saturated carbocycles. The molecule has 0 aromatic heterocycles. The summed E-state index contributed by atoms with van der Waals surface area (Å²) >= 11 is 0. The van der Waals surface area contributed by atoms with Crippen LogP contribution in [0.2, 0.25) is 0 Å². The molecule has 0 fully saturated rings. The number of hydrogen-bond acceptors (Lipinski definition) is 3. The van der Waals surface area contributed by atoms with Crippen LogP contribution in [0.1, 0.15) is 24.4 Å². The lowest BCUT2D eigenvalue weighted by Gasteiger charge is -2.26. The second-order valence-corrected chi connectivity index (χ2v) is 4.03. The average Bonchev–Trinajstić information content (AvgIpc) is 2.35. The third-order valence-corrected chi connectivity index (χ3v) is 2.87. The summed E-state index contributed by atoms with van der Waals surface area (Å²) in [5, 5.41) is 3.55. The first kappa shape index (κ1) is 11.4. The molecule has 0 amide bonds. The molecule has 3 heteroatoms. The highest BCUT2D eigenvalue weighted by Gasteiger charge is 2.19. The number of rotatable bonds is 5. The molecule has 1 aliphatic rings. The molecule has 1 aromatic rings. The number of fused-ring (bicyclic) bond motifs is 1. The molecule has 16 heavy (non-hydrogen) atoms. The van der Waals surface area contributed by atoms with E-state index in [-0.39, 0.29) is 0 Å². The van der Waals surface area contributed by atoms with Crippen LogP contribution < -0.4 is 10.1 Å². The molecular formula is C13H19NO2. The molecule has 3 nitrogen and oxygen atoms in total. The van der Waals surface area contributed by atoms with Gasteiger partial charge in [-0.3, -0.25) is 0 Å². The predicted octanol–water partition coefficient (Wildman–Crippen LogP) is 2.14. The van der Waals surface area contributed by atoms with Crippen molar-refractivity contribution in [2.24, 2.45) is 0 Å². The number of methoxy groups -OCH3 is 1. The van der Waals surface area contributed by atoms with E-state index in [1.165, 1.54) is 5.56 Å². The molecule has 0 radical (unpaired) electrons. The van der Waals surface area contributed by atoms with Gasteiger partial charge in [-0.1, -0.05) is 18.2 Å². The van der Waals surface area contributed by atoms with Gasteiger partial charge in [0.15, 0.2) is 0 Å². The number of nitrogens with one attached hydrogen (secondary N) is 1. The summed E-state index contributed by atoms with van der Waals surface area (Å²) in [7, 11) is 1.74. The largest absolute Gasteiger partial charge is 0.493 e. The quantitative estimate of drug-likeness (QED) is 0.773. The van der Waals surface area contributed by atoms with Crippen molar-refractivity contribution < 1.29 is 9.47 Å². The Hall–Kier alpha value is -1.06. The maximum absolute atomic E-state index is 5.62. The Morgan fingerprint density at radius 3 is 3.19 bits per heavy atom. The lowest BCUT2D eigenvalue weighted by Crippen LogP contribution is -2.28. The van der Waals surface area contributed by atoms with Gasteiger partial charge in [-0.2, -0.15) is 0 Å². The van der Waals surface area contributed by atoms with Crippen LogP contribution in [-0.4, -0.2) is 26.9 Å². The highest BCUT2D eigenvalue weighted by atomic mass is 16.5. The van der Waals surface area contributed by atoms with E-state index < -0.39 is 0 Å². The Bertz CT molecular complexity index is 327. The number of para-hydroxylation sites is 1. The van der Waals surface area contributed by atoms with Gasteiger partial charge in [0.1, 0.15) is 5.75 Å². The molecule has 1 heterocycles. The smallest absolute Gasteiger partial charge is 0.124 e. The van der Waals surface area contributed by atoms with E-state index in [9.17, 15) is 0 Å². The van der Waals surface area contributed by atoms with E-state index in [1.54, 1.807) is 7.11 Å². The van der Waals surface area contributed by atoms with E-state index in [2.05, 4.69) is 17.4 Å². The first-order valence-electron chi connectivity index (χ1n) is 5.86. The summed E-state index contributed by atoms with van der Waals surface area (Å²) in [5.74, 6) is 1.03. The Kier molecular flexibility index (Phi) is 4.19. The second kappa shape index (κ2) is 5.87. The van der Waals surface area contributed by atoms with Gasteiger partial charge >= 0.3 is 0 Å². The normalized spacial score (nSPS) is 18.9. The van der Waals surface area contributed by atoms with Crippen LogP contribution in [0.3, 0.4) is 0 Å². The minimum absolute atomic E-state index is 0.432. The standard InChI is InChI=1S/C13H19NO2/c1-15-9-4-8-14-12-7-10-16-13-6-3-2-5-11(12)13/h2-3,5-6,12,14H,4,7-10H2,1H3. The molecule has 0 bridgehead atoms. The van der Waals surface area contributed by atoms with E-state index in [0.717, 1.165) is 38.3 Å². The third-order valence-electron chi connectivity index (χ3n) is 2.87. The molecule has 2 rings (SSSR count). The molecule has 1 N–H and O–H groups in total. The fourth-order valence-corrected chi connectivity index (χ4v) is 2.05. The van der Waals surface area contributed by atoms with Gasteiger partial charge in [0.05, 0.1) is 6.61 Å². The molecule has 88 valence electrons. The zero-order chi connectivity index (χ0) is 11.2. The van der Waals surface area contributed by atoms with Crippen molar-refractivity contribution in [1.82, 2.24) is 5.32 Å². The Labute approximate surface area is 96.8 Å². The highest BCUT2D eigenvalue weighted by Crippen LogP contribution is 2.31. The maximum Gasteiger partial charge on any atom is 0.124 e. The van der Waals surface area contributed by atoms with Crippen LogP contribution in [-0.2, 0) is 4.74 Å². The number of benzene rings is 1. The molecule has 0 spiro atoms. The van der Waals surface area contributed by atoms with Gasteiger partial charge in [0, 0.05) is 31.7 Å². The summed E-state index contributed by atoms with van der Waals surface area (Å²) in [6, 6.07) is 8.70. The van der Waals surface area contributed by atoms with Crippen LogP contribution in [0.25, 0.3) is 0 Å². The number of ether oxygens (including phenoxy) is 2. The molecule has 1 aromatic carbocycles. The van der Waals surface area contributed by atoms with Crippen molar-refractivity contribution in [2.45, 2.75) is 18.9 Å². The van der Waals surface area contributed by atoms with E-state index in [0.29, 0.717) is 6.04 Å². The Morgan fingerprint density at radius 2 is 2.31 bits per heavy atom. The van der Waals surface area contributed by atoms with Crippen LogP contribution in [0.5, 0.6) is 5.75 Å². The van der Waals surface area contributed by atoms with Gasteiger partial charge in [0.2, 0.25) is 0 Å². The van der Waals surface area contributed by atoms with E-state index in [4.69, 9.17) is 9.47 Å². The van der Waals surface area contributed by atoms with Crippen LogP contribution >= 0.6 is 0 Å². The average molecular weight is 221 g/mol. The van der Waals surface area contributed by atoms with Crippen molar-refractivity contribution in [3.05, 3.63) is 29.8 Å². The molecule has 1 atom stereocenters. The van der Waals surface area contributed by atoms with E-state index >= 15 is 0 Å². The molecule has 0 aliphatic carbocycles. The summed E-state index contributed by atoms with van der Waals surface area (Å²) < 4.78 is 10.7. The van der Waals surface area contributed by atoms with Crippen LogP contribution in [0.15, 0.2) is 24.3 Å². The van der Waals surface area contributed by atoms with Crippen molar-refractivity contribution in [3.63, 3.8) is 0 Å². The Balaban J connectivity index is 1.91. The van der Waals surface area contributed by atoms with Crippen LogP contribution in [0.4, 0.5) is 0 Å². The fourth-order valence-electron chi connectivity index (χ4n) is 2.05. The third kappa shape index (κ3) is 2.74. The maximum atomic E-state index is 5.62. The minimum atomic E-state index is 0.432. The zero-order valence-electron chi connectivity index (χ0n) is 9.74. The molecule has 1 aliphatic heterocycles. The summed E-state index contributed by atoms with van der Waals surface area (Å²) in [4.78, 5) is 0. The monoisotopic (exact) mass is 221 g/mol. The summed E-state index contributed by atoms with van der Waals surface area (Å²) in [6.45, 7) is 2.61. The molecular weight excluding hydrogens is 202 g/mol. The molecule has 0 saturated heterocycles. The van der Waals surface area contributed by atoms with Gasteiger partial charge in [-0.05, 0) is 19.0 Å². The minimum Gasteiger partial charge on any atom is -0.493 e. The van der Waals surface area contributed by atoms with Gasteiger partial charge in [0.25, 0.3) is 0 Å². The van der Waals surface area contributed by atoms with Crippen molar-refractivity contribution in [1.29, 1.82) is 0 Å². The van der Waals surface area contributed by atoms with Crippen molar-refractivity contribution >= 4 is 0 Å². The van der Waals surface area contributed by atoms with Crippen LogP contribution in [0, 0.1) is 0 Å². The number of hydrogen-bond donors (Lipinski definition) is 1. The summed E-state index contributed by atoms with van der Waals surface area (Å²) in [5.41, 5.74) is 1.28. The lowest BCUT2D eigenvalue weighted by molar-refractivity contribution is 0.190. The van der Waals surface area contributed by atoms with E-state index in [1.807, 2.05) is 12.1 Å². The molecule has 1 unspecified atom stereocenters. The summed E-state index contributed by atoms with van der Waals surface area (Å²) in [6.07, 6.45) is 2.10. The fraction of sp³-hybridized carbons (Fsp3) is 0.538. The van der Waals surface area contributed by atoms with Gasteiger partial charge in [-0.25, -0.2) is 0 Å². The second-order valence-electron chi connectivity index (χ2n) is 4.03. The van der Waals surface area contributed by atoms with Crippen molar-refractivity contribution in [2.75, 3.05) is 26.9 Å². The topological polar surface area (TPSA) is 30.5 Å². The first-order valence-corrected chi connectivity index (χ1v) is 5.86. The first-order chi connectivity index (χ1) is 7.92. The lowest BCUT2D eigenvalue weighted by atomic mass is 10.0. The van der Waals surface area contributed by atoms with Gasteiger partial charge in [-0.15, -0.1) is 0 Å².